The second-order valence-electron chi connectivity index (χ2n) is 3.68. The fraction of sp³-hybridized carbons (Fsp3) is 0.231. The van der Waals surface area contributed by atoms with E-state index in [4.69, 9.17) is 16.3 Å². The number of dihydropyridines is 1. The minimum Gasteiger partial charge on any atom is -0.497 e. The summed E-state index contributed by atoms with van der Waals surface area (Å²) in [5.74, 6) is 0.886. The van der Waals surface area contributed by atoms with Gasteiger partial charge in [-0.25, -0.2) is 0 Å². The number of hydrogen-bond donors (Lipinski definition) is 1. The summed E-state index contributed by atoms with van der Waals surface area (Å²) in [6.07, 6.45) is 4.86. The number of nitrogens with one attached hydrogen (secondary N) is 1. The molecule has 0 aliphatic carbocycles. The average Bonchev–Trinajstić information content (AvgIpc) is 2.33. The van der Waals surface area contributed by atoms with E-state index in [1.807, 2.05) is 24.3 Å². The summed E-state index contributed by atoms with van der Waals surface area (Å²) in [6, 6.07) is 8.09. The lowest BCUT2D eigenvalue weighted by molar-refractivity contribution is 0.414. The molecule has 0 atom stereocenters. The second-order valence-corrected chi connectivity index (χ2v) is 4.17. The molecule has 0 spiro atoms. The average molecular weight is 236 g/mol. The fourth-order valence-electron chi connectivity index (χ4n) is 1.59. The SMILES string of the molecule is COc1ccc(CC2=CC=C(Cl)CN2)cc1. The van der Waals surface area contributed by atoms with Gasteiger partial charge in [0.2, 0.25) is 0 Å². The van der Waals surface area contributed by atoms with E-state index in [9.17, 15) is 0 Å². The van der Waals surface area contributed by atoms with Gasteiger partial charge in [0.15, 0.2) is 0 Å². The normalized spacial score (nSPS) is 14.9. The first-order valence-corrected chi connectivity index (χ1v) is 5.58. The number of rotatable bonds is 3. The van der Waals surface area contributed by atoms with E-state index in [0.717, 1.165) is 23.7 Å². The molecule has 2 rings (SSSR count). The summed E-state index contributed by atoms with van der Waals surface area (Å²) in [6.45, 7) is 0.726. The molecule has 0 bridgehead atoms. The van der Waals surface area contributed by atoms with Crippen molar-refractivity contribution in [1.29, 1.82) is 0 Å². The zero-order valence-corrected chi connectivity index (χ0v) is 9.92. The Morgan fingerprint density at radius 2 is 2.00 bits per heavy atom. The summed E-state index contributed by atoms with van der Waals surface area (Å²) in [5.41, 5.74) is 2.44. The quantitative estimate of drug-likeness (QED) is 0.870. The molecule has 1 aromatic rings. The molecule has 84 valence electrons. The van der Waals surface area contributed by atoms with Gasteiger partial charge in [0, 0.05) is 17.2 Å². The maximum atomic E-state index is 5.86. The van der Waals surface area contributed by atoms with Crippen molar-refractivity contribution in [2.24, 2.45) is 0 Å². The Bertz CT molecular complexity index is 420. The van der Waals surface area contributed by atoms with Crippen LogP contribution in [0.1, 0.15) is 5.56 Å². The molecule has 0 fully saturated rings. The molecule has 0 saturated heterocycles. The highest BCUT2D eigenvalue weighted by atomic mass is 35.5. The molecule has 1 aliphatic rings. The van der Waals surface area contributed by atoms with Crippen LogP contribution in [0.2, 0.25) is 0 Å². The lowest BCUT2D eigenvalue weighted by atomic mass is 10.1. The summed E-state index contributed by atoms with van der Waals surface area (Å²) in [7, 11) is 1.67. The van der Waals surface area contributed by atoms with Crippen molar-refractivity contribution >= 4 is 11.6 Å². The fourth-order valence-corrected chi connectivity index (χ4v) is 1.72. The molecular formula is C13H14ClNO. The number of hydrogen-bond acceptors (Lipinski definition) is 2. The summed E-state index contributed by atoms with van der Waals surface area (Å²) in [5, 5.41) is 4.12. The summed E-state index contributed by atoms with van der Waals surface area (Å²) >= 11 is 5.86. The Balaban J connectivity index is 2.04. The van der Waals surface area contributed by atoms with E-state index >= 15 is 0 Å². The number of benzene rings is 1. The molecule has 0 radical (unpaired) electrons. The molecule has 3 heteroatoms. The Morgan fingerprint density at radius 1 is 1.25 bits per heavy atom. The van der Waals surface area contributed by atoms with E-state index in [-0.39, 0.29) is 0 Å². The van der Waals surface area contributed by atoms with Gasteiger partial charge >= 0.3 is 0 Å². The van der Waals surface area contributed by atoms with Gasteiger partial charge in [0.25, 0.3) is 0 Å². The second kappa shape index (κ2) is 5.08. The number of ether oxygens (including phenoxy) is 1. The van der Waals surface area contributed by atoms with Crippen LogP contribution in [-0.4, -0.2) is 13.7 Å². The van der Waals surface area contributed by atoms with Crippen LogP contribution in [0.25, 0.3) is 0 Å². The minimum absolute atomic E-state index is 0.726. The van der Waals surface area contributed by atoms with Crippen LogP contribution in [0, 0.1) is 0 Å². The number of methoxy groups -OCH3 is 1. The van der Waals surface area contributed by atoms with Crippen LogP contribution in [0.15, 0.2) is 47.1 Å². The van der Waals surface area contributed by atoms with E-state index in [2.05, 4.69) is 17.4 Å². The van der Waals surface area contributed by atoms with Crippen molar-refractivity contribution in [3.05, 3.63) is 52.7 Å². The summed E-state index contributed by atoms with van der Waals surface area (Å²) in [4.78, 5) is 0. The topological polar surface area (TPSA) is 21.3 Å². The molecule has 2 nitrogen and oxygen atoms in total. The van der Waals surface area contributed by atoms with E-state index in [1.54, 1.807) is 7.11 Å². The first-order chi connectivity index (χ1) is 7.78. The van der Waals surface area contributed by atoms with Crippen molar-refractivity contribution in [2.45, 2.75) is 6.42 Å². The van der Waals surface area contributed by atoms with Gasteiger partial charge in [-0.2, -0.15) is 0 Å². The van der Waals surface area contributed by atoms with Crippen molar-refractivity contribution in [3.8, 4) is 5.75 Å². The van der Waals surface area contributed by atoms with Crippen LogP contribution in [0.4, 0.5) is 0 Å². The predicted octanol–water partition coefficient (Wildman–Crippen LogP) is 2.85. The predicted molar refractivity (Wildman–Crippen MR) is 66.7 cm³/mol. The molecular weight excluding hydrogens is 222 g/mol. The van der Waals surface area contributed by atoms with Crippen LogP contribution < -0.4 is 10.1 Å². The van der Waals surface area contributed by atoms with Crippen LogP contribution >= 0.6 is 11.6 Å². The Kier molecular flexibility index (Phi) is 3.52. The molecule has 0 saturated carbocycles. The zero-order valence-electron chi connectivity index (χ0n) is 9.16. The zero-order chi connectivity index (χ0) is 11.4. The first-order valence-electron chi connectivity index (χ1n) is 5.20. The van der Waals surface area contributed by atoms with E-state index < -0.39 is 0 Å². The molecule has 0 unspecified atom stereocenters. The Hall–Kier alpha value is -1.41. The Morgan fingerprint density at radius 3 is 2.56 bits per heavy atom. The molecule has 1 aromatic carbocycles. The lowest BCUT2D eigenvalue weighted by Gasteiger charge is -2.14. The van der Waals surface area contributed by atoms with Crippen molar-refractivity contribution in [1.82, 2.24) is 5.32 Å². The number of allylic oxidation sites excluding steroid dienone is 3. The highest BCUT2D eigenvalue weighted by molar-refractivity contribution is 6.30. The molecule has 1 heterocycles. The van der Waals surface area contributed by atoms with Gasteiger partial charge in [-0.15, -0.1) is 0 Å². The monoisotopic (exact) mass is 235 g/mol. The standard InChI is InChI=1S/C13H14ClNO/c1-16-13-6-2-10(3-7-13)8-12-5-4-11(14)9-15-12/h2-7,15H,8-9H2,1H3. The van der Waals surface area contributed by atoms with Crippen LogP contribution in [-0.2, 0) is 6.42 Å². The molecule has 16 heavy (non-hydrogen) atoms. The van der Waals surface area contributed by atoms with Crippen LogP contribution in [0.3, 0.4) is 0 Å². The third-order valence-electron chi connectivity index (χ3n) is 2.50. The first kappa shape index (κ1) is 11.1. The van der Waals surface area contributed by atoms with Crippen LogP contribution in [0.5, 0.6) is 5.75 Å². The Labute approximate surface area is 101 Å². The van der Waals surface area contributed by atoms with Gasteiger partial charge in [-0.3, -0.25) is 0 Å². The van der Waals surface area contributed by atoms with Gasteiger partial charge in [-0.05, 0) is 29.8 Å². The van der Waals surface area contributed by atoms with Crippen molar-refractivity contribution < 1.29 is 4.74 Å². The lowest BCUT2D eigenvalue weighted by Crippen LogP contribution is -2.19. The smallest absolute Gasteiger partial charge is 0.118 e. The van der Waals surface area contributed by atoms with Crippen molar-refractivity contribution in [2.75, 3.05) is 13.7 Å². The maximum Gasteiger partial charge on any atom is 0.118 e. The van der Waals surface area contributed by atoms with Gasteiger partial charge in [0.1, 0.15) is 5.75 Å². The third kappa shape index (κ3) is 2.80. The van der Waals surface area contributed by atoms with E-state index in [0.29, 0.717) is 0 Å². The highest BCUT2D eigenvalue weighted by Gasteiger charge is 2.04. The summed E-state index contributed by atoms with van der Waals surface area (Å²) < 4.78 is 5.12. The molecule has 0 amide bonds. The molecule has 1 N–H and O–H groups in total. The number of halogens is 1. The largest absolute Gasteiger partial charge is 0.497 e. The highest BCUT2D eigenvalue weighted by Crippen LogP contribution is 2.15. The van der Waals surface area contributed by atoms with Gasteiger partial charge in [-0.1, -0.05) is 23.7 Å². The minimum atomic E-state index is 0.726. The van der Waals surface area contributed by atoms with Crippen molar-refractivity contribution in [3.63, 3.8) is 0 Å². The van der Waals surface area contributed by atoms with E-state index in [1.165, 1.54) is 11.3 Å². The maximum absolute atomic E-state index is 5.86. The third-order valence-corrected chi connectivity index (χ3v) is 2.76. The molecule has 0 aromatic heterocycles. The van der Waals surface area contributed by atoms with Gasteiger partial charge in [0.05, 0.1) is 13.7 Å². The van der Waals surface area contributed by atoms with Gasteiger partial charge < -0.3 is 10.1 Å². The molecule has 1 aliphatic heterocycles.